The number of hydrogen-bond acceptors (Lipinski definition) is 3. The highest BCUT2D eigenvalue weighted by Crippen LogP contribution is 2.09. The third-order valence-corrected chi connectivity index (χ3v) is 2.71. The summed E-state index contributed by atoms with van der Waals surface area (Å²) in [5.41, 5.74) is 12.3. The first-order valence-corrected chi connectivity index (χ1v) is 6.09. The summed E-state index contributed by atoms with van der Waals surface area (Å²) in [6.45, 7) is 4.19. The maximum atomic E-state index is 11.7. The van der Waals surface area contributed by atoms with Crippen LogP contribution >= 0.6 is 12.4 Å². The van der Waals surface area contributed by atoms with Crippen molar-refractivity contribution in [2.24, 2.45) is 17.4 Å². The van der Waals surface area contributed by atoms with Crippen molar-refractivity contribution in [2.75, 3.05) is 5.32 Å². The zero-order chi connectivity index (χ0) is 14.4. The number of rotatable bonds is 5. The molecular formula is C13H21ClN4O2. The molecule has 0 heterocycles. The largest absolute Gasteiger partial charge is 0.351 e. The average molecular weight is 301 g/mol. The molecule has 0 radical (unpaired) electrons. The van der Waals surface area contributed by atoms with Crippen LogP contribution in [0.15, 0.2) is 24.3 Å². The molecule has 1 aromatic carbocycles. The lowest BCUT2D eigenvalue weighted by Crippen LogP contribution is -2.43. The predicted molar refractivity (Wildman–Crippen MR) is 81.6 cm³/mol. The van der Waals surface area contributed by atoms with Crippen molar-refractivity contribution in [3.05, 3.63) is 29.8 Å². The lowest BCUT2D eigenvalue weighted by molar-refractivity contribution is -0.123. The van der Waals surface area contributed by atoms with E-state index in [0.29, 0.717) is 12.2 Å². The Hall–Kier alpha value is -1.79. The van der Waals surface area contributed by atoms with Crippen molar-refractivity contribution < 1.29 is 9.59 Å². The molecule has 0 spiro atoms. The Morgan fingerprint density at radius 1 is 1.20 bits per heavy atom. The molecule has 112 valence electrons. The summed E-state index contributed by atoms with van der Waals surface area (Å²) in [5.74, 6) is -0.0727. The summed E-state index contributed by atoms with van der Waals surface area (Å²) in [6.07, 6.45) is 0. The zero-order valence-corrected chi connectivity index (χ0v) is 12.4. The molecule has 6 nitrogen and oxygen atoms in total. The molecular weight excluding hydrogens is 280 g/mol. The first-order chi connectivity index (χ1) is 8.90. The van der Waals surface area contributed by atoms with Crippen LogP contribution in [-0.4, -0.2) is 18.0 Å². The molecule has 0 unspecified atom stereocenters. The third kappa shape index (κ3) is 5.90. The van der Waals surface area contributed by atoms with Gasteiger partial charge in [-0.05, 0) is 23.6 Å². The second-order valence-electron chi connectivity index (χ2n) is 4.67. The van der Waals surface area contributed by atoms with E-state index < -0.39 is 12.1 Å². The van der Waals surface area contributed by atoms with Gasteiger partial charge in [0.15, 0.2) is 0 Å². The highest BCUT2D eigenvalue weighted by Gasteiger charge is 2.16. The molecule has 0 aliphatic carbocycles. The van der Waals surface area contributed by atoms with Gasteiger partial charge in [0.25, 0.3) is 0 Å². The van der Waals surface area contributed by atoms with Crippen molar-refractivity contribution in [3.63, 3.8) is 0 Å². The topological polar surface area (TPSA) is 110 Å². The number of amides is 3. The average Bonchev–Trinajstić information content (AvgIpc) is 2.35. The smallest absolute Gasteiger partial charge is 0.316 e. The maximum absolute atomic E-state index is 11.7. The van der Waals surface area contributed by atoms with Gasteiger partial charge in [0.2, 0.25) is 5.91 Å². The van der Waals surface area contributed by atoms with Crippen molar-refractivity contribution >= 4 is 30.0 Å². The van der Waals surface area contributed by atoms with E-state index in [0.717, 1.165) is 5.56 Å². The Bertz CT molecular complexity index is 448. The van der Waals surface area contributed by atoms with Crippen molar-refractivity contribution in [1.82, 2.24) is 5.32 Å². The molecule has 1 rings (SSSR count). The van der Waals surface area contributed by atoms with Crippen LogP contribution in [0.2, 0.25) is 0 Å². The lowest BCUT2D eigenvalue weighted by atomic mass is 10.0. The number of hydrogen-bond donors (Lipinski definition) is 4. The second-order valence-corrected chi connectivity index (χ2v) is 4.67. The van der Waals surface area contributed by atoms with Crippen molar-refractivity contribution in [1.29, 1.82) is 0 Å². The molecule has 7 heteroatoms. The quantitative estimate of drug-likeness (QED) is 0.655. The van der Waals surface area contributed by atoms with Gasteiger partial charge in [-0.1, -0.05) is 26.0 Å². The molecule has 0 aliphatic rings. The lowest BCUT2D eigenvalue weighted by Gasteiger charge is -2.15. The fourth-order valence-corrected chi connectivity index (χ4v) is 1.46. The molecule has 0 fully saturated rings. The number of nitrogens with two attached hydrogens (primary N) is 2. The summed E-state index contributed by atoms with van der Waals surface area (Å²) in [5, 5.41) is 5.23. The minimum absolute atomic E-state index is 0. The molecule has 0 aromatic heterocycles. The predicted octanol–water partition coefficient (Wildman–Crippen LogP) is 1.20. The number of carbonyl (C=O) groups is 2. The number of nitrogens with one attached hydrogen (secondary N) is 2. The van der Waals surface area contributed by atoms with Gasteiger partial charge in [0.05, 0.1) is 6.04 Å². The molecule has 20 heavy (non-hydrogen) atoms. The Labute approximate surface area is 124 Å². The van der Waals surface area contributed by atoms with Gasteiger partial charge in [0.1, 0.15) is 0 Å². The van der Waals surface area contributed by atoms with Gasteiger partial charge in [-0.25, -0.2) is 4.79 Å². The molecule has 1 atom stereocenters. The van der Waals surface area contributed by atoms with Gasteiger partial charge < -0.3 is 22.1 Å². The Kier molecular flexibility index (Phi) is 7.64. The summed E-state index contributed by atoms with van der Waals surface area (Å²) >= 11 is 0. The van der Waals surface area contributed by atoms with E-state index in [1.54, 1.807) is 24.3 Å². The van der Waals surface area contributed by atoms with E-state index in [9.17, 15) is 9.59 Å². The second kappa shape index (κ2) is 8.39. The van der Waals surface area contributed by atoms with E-state index in [1.165, 1.54) is 0 Å². The van der Waals surface area contributed by atoms with E-state index in [2.05, 4.69) is 10.6 Å². The number of primary amides is 1. The molecule has 0 saturated heterocycles. The monoisotopic (exact) mass is 300 g/mol. The number of benzene rings is 1. The minimum Gasteiger partial charge on any atom is -0.351 e. The number of halogens is 1. The van der Waals surface area contributed by atoms with Crippen LogP contribution in [-0.2, 0) is 11.3 Å². The summed E-state index contributed by atoms with van der Waals surface area (Å²) in [6, 6.07) is 5.92. The van der Waals surface area contributed by atoms with E-state index in [-0.39, 0.29) is 24.2 Å². The van der Waals surface area contributed by atoms with Crippen LogP contribution in [0, 0.1) is 5.92 Å². The van der Waals surface area contributed by atoms with Gasteiger partial charge in [-0.2, -0.15) is 0 Å². The Morgan fingerprint density at radius 3 is 2.20 bits per heavy atom. The molecule has 0 bridgehead atoms. The van der Waals surface area contributed by atoms with Crippen molar-refractivity contribution in [3.8, 4) is 0 Å². The standard InChI is InChI=1S/C13H20N4O2.ClH/c1-8(2)11(14)12(18)16-7-9-3-5-10(6-4-9)17-13(15)19;/h3-6,8,11H,7,14H2,1-2H3,(H,16,18)(H3,15,17,19);1H/t11-;/m0./s1. The third-order valence-electron chi connectivity index (χ3n) is 2.71. The van der Waals surface area contributed by atoms with E-state index in [4.69, 9.17) is 11.5 Å². The number of anilines is 1. The van der Waals surface area contributed by atoms with Gasteiger partial charge in [0, 0.05) is 12.2 Å². The highest BCUT2D eigenvalue weighted by molar-refractivity contribution is 5.87. The van der Waals surface area contributed by atoms with Crippen LogP contribution in [0.5, 0.6) is 0 Å². The van der Waals surface area contributed by atoms with Crippen LogP contribution < -0.4 is 22.1 Å². The van der Waals surface area contributed by atoms with Gasteiger partial charge >= 0.3 is 6.03 Å². The Morgan fingerprint density at radius 2 is 1.75 bits per heavy atom. The van der Waals surface area contributed by atoms with Crippen LogP contribution in [0.1, 0.15) is 19.4 Å². The first-order valence-electron chi connectivity index (χ1n) is 6.09. The summed E-state index contributed by atoms with van der Waals surface area (Å²) in [7, 11) is 0. The zero-order valence-electron chi connectivity index (χ0n) is 11.6. The molecule has 6 N–H and O–H groups in total. The van der Waals surface area contributed by atoms with Crippen LogP contribution in [0.25, 0.3) is 0 Å². The molecule has 3 amide bonds. The number of carbonyl (C=O) groups excluding carboxylic acids is 2. The normalized spacial score (nSPS) is 11.4. The fourth-order valence-electron chi connectivity index (χ4n) is 1.46. The molecule has 0 saturated carbocycles. The van der Waals surface area contributed by atoms with Gasteiger partial charge in [-0.15, -0.1) is 12.4 Å². The summed E-state index contributed by atoms with van der Waals surface area (Å²) < 4.78 is 0. The summed E-state index contributed by atoms with van der Waals surface area (Å²) in [4.78, 5) is 22.3. The Balaban J connectivity index is 0.00000361. The first kappa shape index (κ1) is 18.2. The fraction of sp³-hybridized carbons (Fsp3) is 0.385. The molecule has 1 aromatic rings. The molecule has 0 aliphatic heterocycles. The van der Waals surface area contributed by atoms with Crippen LogP contribution in [0.3, 0.4) is 0 Å². The highest BCUT2D eigenvalue weighted by atomic mass is 35.5. The van der Waals surface area contributed by atoms with Crippen LogP contribution in [0.4, 0.5) is 10.5 Å². The van der Waals surface area contributed by atoms with Crippen molar-refractivity contribution in [2.45, 2.75) is 26.4 Å². The SMILES string of the molecule is CC(C)[C@H](N)C(=O)NCc1ccc(NC(N)=O)cc1.Cl. The van der Waals surface area contributed by atoms with E-state index >= 15 is 0 Å². The number of urea groups is 1. The maximum Gasteiger partial charge on any atom is 0.316 e. The minimum atomic E-state index is -0.607. The van der Waals surface area contributed by atoms with E-state index in [1.807, 2.05) is 13.8 Å². The van der Waals surface area contributed by atoms with Gasteiger partial charge in [-0.3, -0.25) is 4.79 Å².